The summed E-state index contributed by atoms with van der Waals surface area (Å²) >= 11 is 1.57. The van der Waals surface area contributed by atoms with Gasteiger partial charge in [0.2, 0.25) is 0 Å². The van der Waals surface area contributed by atoms with Crippen LogP contribution in [0.3, 0.4) is 0 Å². The van der Waals surface area contributed by atoms with Crippen molar-refractivity contribution in [2.75, 3.05) is 0 Å². The summed E-state index contributed by atoms with van der Waals surface area (Å²) in [5.41, 5.74) is 6.60. The van der Waals surface area contributed by atoms with Gasteiger partial charge in [-0.15, -0.1) is 10.2 Å². The quantitative estimate of drug-likeness (QED) is 0.307. The SMILES string of the molecule is Cc1cc2oc(=O)cc(CSc3nnc4cc(C)c5ccccc5n34)c2cc1C. The topological polar surface area (TPSA) is 60.4 Å². The Morgan fingerprint density at radius 1 is 0.931 bits per heavy atom. The third kappa shape index (κ3) is 3.00. The minimum absolute atomic E-state index is 0.330. The van der Waals surface area contributed by atoms with Crippen LogP contribution in [-0.2, 0) is 5.75 Å². The van der Waals surface area contributed by atoms with Gasteiger partial charge in [-0.25, -0.2) is 4.79 Å². The van der Waals surface area contributed by atoms with Crippen LogP contribution in [0.25, 0.3) is 27.5 Å². The molecule has 0 radical (unpaired) electrons. The number of fused-ring (bicyclic) bond motifs is 4. The van der Waals surface area contributed by atoms with Gasteiger partial charge in [-0.3, -0.25) is 4.40 Å². The zero-order chi connectivity index (χ0) is 20.1. The number of hydrogen-bond acceptors (Lipinski definition) is 5. The Bertz CT molecular complexity index is 1470. The van der Waals surface area contributed by atoms with Crippen LogP contribution in [0.2, 0.25) is 0 Å². The number of thioether (sulfide) groups is 1. The van der Waals surface area contributed by atoms with Gasteiger partial charge in [0.05, 0.1) is 5.52 Å². The Labute approximate surface area is 171 Å². The fourth-order valence-corrected chi connectivity index (χ4v) is 4.66. The molecule has 0 amide bonds. The van der Waals surface area contributed by atoms with E-state index in [2.05, 4.69) is 52.7 Å². The van der Waals surface area contributed by atoms with Gasteiger partial charge in [-0.05, 0) is 67.3 Å². The van der Waals surface area contributed by atoms with Gasteiger partial charge < -0.3 is 4.42 Å². The molecule has 5 nitrogen and oxygen atoms in total. The second kappa shape index (κ2) is 6.74. The maximum absolute atomic E-state index is 12.1. The van der Waals surface area contributed by atoms with Crippen molar-refractivity contribution in [3.63, 3.8) is 0 Å². The smallest absolute Gasteiger partial charge is 0.336 e. The summed E-state index contributed by atoms with van der Waals surface area (Å²) in [5, 5.41) is 11.7. The van der Waals surface area contributed by atoms with Crippen molar-refractivity contribution in [3.8, 4) is 0 Å². The lowest BCUT2D eigenvalue weighted by molar-refractivity contribution is 0.559. The lowest BCUT2D eigenvalue weighted by Crippen LogP contribution is -2.01. The second-order valence-corrected chi connectivity index (χ2v) is 8.28. The number of para-hydroxylation sites is 1. The van der Waals surface area contributed by atoms with E-state index >= 15 is 0 Å². The highest BCUT2D eigenvalue weighted by Gasteiger charge is 2.13. The van der Waals surface area contributed by atoms with Gasteiger partial charge >= 0.3 is 5.63 Å². The summed E-state index contributed by atoms with van der Waals surface area (Å²) in [4.78, 5) is 12.1. The molecule has 29 heavy (non-hydrogen) atoms. The highest BCUT2D eigenvalue weighted by molar-refractivity contribution is 7.98. The van der Waals surface area contributed by atoms with Gasteiger partial charge in [0.15, 0.2) is 10.8 Å². The Hall–Kier alpha value is -3.12. The number of rotatable bonds is 3. The molecular formula is C23H19N3O2S. The van der Waals surface area contributed by atoms with Crippen molar-refractivity contribution in [2.24, 2.45) is 0 Å². The van der Waals surface area contributed by atoms with Crippen LogP contribution >= 0.6 is 11.8 Å². The average molecular weight is 401 g/mol. The molecule has 144 valence electrons. The molecule has 0 atom stereocenters. The number of aromatic nitrogens is 3. The highest BCUT2D eigenvalue weighted by atomic mass is 32.2. The van der Waals surface area contributed by atoms with Crippen molar-refractivity contribution < 1.29 is 4.42 Å². The summed E-state index contributed by atoms with van der Waals surface area (Å²) in [7, 11) is 0. The fourth-order valence-electron chi connectivity index (χ4n) is 3.71. The van der Waals surface area contributed by atoms with Gasteiger partial charge in [0.1, 0.15) is 5.58 Å². The zero-order valence-electron chi connectivity index (χ0n) is 16.4. The van der Waals surface area contributed by atoms with E-state index in [1.807, 2.05) is 25.1 Å². The largest absolute Gasteiger partial charge is 0.423 e. The molecule has 0 aliphatic heterocycles. The van der Waals surface area contributed by atoms with Crippen LogP contribution in [0.4, 0.5) is 0 Å². The third-order valence-electron chi connectivity index (χ3n) is 5.38. The van der Waals surface area contributed by atoms with Crippen molar-refractivity contribution in [1.29, 1.82) is 0 Å². The molecule has 2 aromatic carbocycles. The van der Waals surface area contributed by atoms with Crippen LogP contribution in [0.15, 0.2) is 62.9 Å². The maximum Gasteiger partial charge on any atom is 0.336 e. The Morgan fingerprint density at radius 2 is 1.72 bits per heavy atom. The number of nitrogens with zero attached hydrogens (tertiary/aromatic N) is 3. The summed E-state index contributed by atoms with van der Waals surface area (Å²) in [6, 6.07) is 15.9. The lowest BCUT2D eigenvalue weighted by Gasteiger charge is -2.09. The van der Waals surface area contributed by atoms with Crippen LogP contribution < -0.4 is 5.63 Å². The minimum atomic E-state index is -0.330. The van der Waals surface area contributed by atoms with E-state index in [4.69, 9.17) is 4.42 Å². The molecule has 0 N–H and O–H groups in total. The minimum Gasteiger partial charge on any atom is -0.423 e. The van der Waals surface area contributed by atoms with E-state index in [-0.39, 0.29) is 5.63 Å². The second-order valence-electron chi connectivity index (χ2n) is 7.33. The first kappa shape index (κ1) is 17.9. The van der Waals surface area contributed by atoms with Gasteiger partial charge in [0.25, 0.3) is 0 Å². The third-order valence-corrected chi connectivity index (χ3v) is 6.35. The van der Waals surface area contributed by atoms with E-state index in [1.54, 1.807) is 17.8 Å². The van der Waals surface area contributed by atoms with Crippen molar-refractivity contribution in [2.45, 2.75) is 31.7 Å². The van der Waals surface area contributed by atoms with Crippen LogP contribution in [0.1, 0.15) is 22.3 Å². The van der Waals surface area contributed by atoms with Gasteiger partial charge in [-0.1, -0.05) is 30.0 Å². The van der Waals surface area contributed by atoms with Crippen molar-refractivity contribution >= 4 is 39.3 Å². The number of hydrogen-bond donors (Lipinski definition) is 0. The van der Waals surface area contributed by atoms with Crippen molar-refractivity contribution in [1.82, 2.24) is 14.6 Å². The maximum atomic E-state index is 12.1. The van der Waals surface area contributed by atoms with E-state index in [0.717, 1.165) is 32.8 Å². The Kier molecular flexibility index (Phi) is 4.17. The molecule has 0 spiro atoms. The first-order valence-corrected chi connectivity index (χ1v) is 10.4. The summed E-state index contributed by atoms with van der Waals surface area (Å²) in [5.74, 6) is 0.605. The van der Waals surface area contributed by atoms with Crippen LogP contribution in [-0.4, -0.2) is 14.6 Å². The molecule has 5 rings (SSSR count). The molecule has 0 aliphatic carbocycles. The Balaban J connectivity index is 1.61. The number of pyridine rings is 1. The van der Waals surface area contributed by atoms with Crippen LogP contribution in [0, 0.1) is 20.8 Å². The molecule has 0 saturated carbocycles. The van der Waals surface area contributed by atoms with E-state index in [1.165, 1.54) is 16.5 Å². The number of benzene rings is 2. The summed E-state index contributed by atoms with van der Waals surface area (Å²) in [6.45, 7) is 6.17. The predicted molar refractivity (Wildman–Crippen MR) is 117 cm³/mol. The standard InChI is InChI=1S/C23H19N3O2S/c1-13-8-18-16(11-22(27)28-20(18)9-14(13)2)12-29-23-25-24-21-10-15(3)17-6-4-5-7-19(17)26(21)23/h4-11H,12H2,1-3H3. The number of aryl methyl sites for hydroxylation is 3. The average Bonchev–Trinajstić information content (AvgIpc) is 3.10. The van der Waals surface area contributed by atoms with Crippen molar-refractivity contribution in [3.05, 3.63) is 81.2 Å². The molecule has 0 unspecified atom stereocenters. The van der Waals surface area contributed by atoms with Gasteiger partial charge in [-0.2, -0.15) is 0 Å². The molecule has 0 bridgehead atoms. The lowest BCUT2D eigenvalue weighted by atomic mass is 10.0. The summed E-state index contributed by atoms with van der Waals surface area (Å²) < 4.78 is 7.50. The van der Waals surface area contributed by atoms with Crippen LogP contribution in [0.5, 0.6) is 0 Å². The zero-order valence-corrected chi connectivity index (χ0v) is 17.2. The van der Waals surface area contributed by atoms with E-state index in [0.29, 0.717) is 11.3 Å². The Morgan fingerprint density at radius 3 is 2.59 bits per heavy atom. The first-order valence-electron chi connectivity index (χ1n) is 9.41. The molecule has 0 fully saturated rings. The predicted octanol–water partition coefficient (Wildman–Crippen LogP) is 5.21. The molecule has 0 saturated heterocycles. The fraction of sp³-hybridized carbons (Fsp3) is 0.174. The normalized spacial score (nSPS) is 11.7. The highest BCUT2D eigenvalue weighted by Crippen LogP contribution is 2.30. The molecule has 6 heteroatoms. The van der Waals surface area contributed by atoms with E-state index in [9.17, 15) is 4.79 Å². The summed E-state index contributed by atoms with van der Waals surface area (Å²) in [6.07, 6.45) is 0. The monoisotopic (exact) mass is 401 g/mol. The molecule has 3 heterocycles. The molecule has 5 aromatic rings. The van der Waals surface area contributed by atoms with E-state index < -0.39 is 0 Å². The molecule has 0 aliphatic rings. The van der Waals surface area contributed by atoms with Gasteiger partial charge in [0, 0.05) is 22.6 Å². The molecule has 3 aromatic heterocycles. The molecular weight excluding hydrogens is 382 g/mol. The first-order chi connectivity index (χ1) is 14.0.